The van der Waals surface area contributed by atoms with Crippen molar-refractivity contribution >= 4 is 33.3 Å². The summed E-state index contributed by atoms with van der Waals surface area (Å²) in [6.07, 6.45) is 2.86. The molecular weight excluding hydrogens is 380 g/mol. The van der Waals surface area contributed by atoms with Crippen molar-refractivity contribution in [1.29, 1.82) is 0 Å². The second-order valence-corrected chi connectivity index (χ2v) is 8.78. The fourth-order valence-electron chi connectivity index (χ4n) is 3.43. The highest BCUT2D eigenvalue weighted by molar-refractivity contribution is 7.98. The van der Waals surface area contributed by atoms with Gasteiger partial charge in [0.05, 0.1) is 30.9 Å². The van der Waals surface area contributed by atoms with Crippen LogP contribution >= 0.6 is 23.1 Å². The van der Waals surface area contributed by atoms with Crippen LogP contribution in [0.2, 0.25) is 0 Å². The number of aromatic nitrogens is 2. The van der Waals surface area contributed by atoms with Crippen LogP contribution in [0, 0.1) is 5.92 Å². The molecule has 3 heterocycles. The first-order valence-electron chi connectivity index (χ1n) is 8.90. The van der Waals surface area contributed by atoms with Crippen LogP contribution in [0.25, 0.3) is 15.9 Å². The van der Waals surface area contributed by atoms with Crippen molar-refractivity contribution in [2.45, 2.75) is 38.1 Å². The van der Waals surface area contributed by atoms with E-state index in [0.717, 1.165) is 38.5 Å². The van der Waals surface area contributed by atoms with Crippen molar-refractivity contribution in [3.05, 3.63) is 45.1 Å². The molecular formula is C20H22N2O3S2. The van der Waals surface area contributed by atoms with Gasteiger partial charge < -0.3 is 9.47 Å². The van der Waals surface area contributed by atoms with Gasteiger partial charge in [0, 0.05) is 11.3 Å². The number of fused-ring (bicyclic) bond motifs is 3. The summed E-state index contributed by atoms with van der Waals surface area (Å²) in [5.41, 5.74) is 1.91. The van der Waals surface area contributed by atoms with Gasteiger partial charge in [0.25, 0.3) is 5.56 Å². The monoisotopic (exact) mass is 402 g/mol. The molecule has 0 bridgehead atoms. The quantitative estimate of drug-likeness (QED) is 0.482. The van der Waals surface area contributed by atoms with Crippen LogP contribution in [0.1, 0.15) is 24.3 Å². The molecule has 2 aromatic heterocycles. The van der Waals surface area contributed by atoms with Gasteiger partial charge >= 0.3 is 0 Å². The van der Waals surface area contributed by atoms with Crippen molar-refractivity contribution in [1.82, 2.24) is 9.55 Å². The van der Waals surface area contributed by atoms with Gasteiger partial charge in [-0.1, -0.05) is 25.6 Å². The average molecular weight is 403 g/mol. The van der Waals surface area contributed by atoms with E-state index in [2.05, 4.69) is 13.8 Å². The molecule has 0 N–H and O–H groups in total. The molecule has 0 amide bonds. The number of ether oxygens (including phenoxy) is 2. The van der Waals surface area contributed by atoms with E-state index in [1.54, 1.807) is 23.0 Å². The number of rotatable bonds is 4. The second-order valence-electron chi connectivity index (χ2n) is 6.92. The summed E-state index contributed by atoms with van der Waals surface area (Å²) in [6.45, 7) is 4.88. The molecule has 1 aromatic carbocycles. The van der Waals surface area contributed by atoms with Crippen LogP contribution in [0.3, 0.4) is 0 Å². The Morgan fingerprint density at radius 3 is 2.70 bits per heavy atom. The Bertz CT molecular complexity index is 1040. The molecule has 3 aromatic rings. The number of thiophene rings is 1. The summed E-state index contributed by atoms with van der Waals surface area (Å²) in [7, 11) is 1.63. The Kier molecular flexibility index (Phi) is 5.01. The molecule has 0 radical (unpaired) electrons. The fraction of sp³-hybridized carbons (Fsp3) is 0.400. The van der Waals surface area contributed by atoms with E-state index < -0.39 is 0 Å². The summed E-state index contributed by atoms with van der Waals surface area (Å²) < 4.78 is 12.9. The lowest BCUT2D eigenvalue weighted by molar-refractivity contribution is 0.00200. The molecule has 4 rings (SSSR count). The predicted molar refractivity (Wildman–Crippen MR) is 111 cm³/mol. The largest absolute Gasteiger partial charge is 0.497 e. The topological polar surface area (TPSA) is 53.4 Å². The van der Waals surface area contributed by atoms with Gasteiger partial charge in [-0.15, -0.1) is 11.3 Å². The smallest absolute Gasteiger partial charge is 0.267 e. The normalized spacial score (nSPS) is 16.7. The predicted octanol–water partition coefficient (Wildman–Crippen LogP) is 4.28. The number of hydrogen-bond acceptors (Lipinski definition) is 6. The van der Waals surface area contributed by atoms with Crippen molar-refractivity contribution in [2.24, 2.45) is 5.92 Å². The summed E-state index contributed by atoms with van der Waals surface area (Å²) in [5, 5.41) is 1.44. The van der Waals surface area contributed by atoms with E-state index >= 15 is 0 Å². The number of hydrogen-bond donors (Lipinski definition) is 0. The van der Waals surface area contributed by atoms with Crippen LogP contribution in [0.4, 0.5) is 0 Å². The molecule has 7 heteroatoms. The molecule has 142 valence electrons. The number of methoxy groups -OCH3 is 1. The maximum atomic E-state index is 13.5. The molecule has 1 aliphatic heterocycles. The average Bonchev–Trinajstić information content (AvgIpc) is 3.05. The molecule has 0 spiro atoms. The van der Waals surface area contributed by atoms with Crippen molar-refractivity contribution in [3.8, 4) is 11.4 Å². The van der Waals surface area contributed by atoms with Gasteiger partial charge in [-0.05, 0) is 42.0 Å². The summed E-state index contributed by atoms with van der Waals surface area (Å²) in [4.78, 5) is 20.3. The third-order valence-electron chi connectivity index (χ3n) is 4.97. The molecule has 5 nitrogen and oxygen atoms in total. The second kappa shape index (κ2) is 7.30. The zero-order valence-electron chi connectivity index (χ0n) is 15.8. The lowest BCUT2D eigenvalue weighted by Gasteiger charge is -2.26. The Morgan fingerprint density at radius 2 is 2.07 bits per heavy atom. The minimum absolute atomic E-state index is 0.00331. The van der Waals surface area contributed by atoms with Gasteiger partial charge in [-0.3, -0.25) is 9.36 Å². The van der Waals surface area contributed by atoms with Gasteiger partial charge in [0.2, 0.25) is 0 Å². The maximum Gasteiger partial charge on any atom is 0.267 e. The third-order valence-corrected chi connectivity index (χ3v) is 6.71. The summed E-state index contributed by atoms with van der Waals surface area (Å²) in [6, 6.07) is 7.52. The van der Waals surface area contributed by atoms with Crippen molar-refractivity contribution < 1.29 is 9.47 Å². The molecule has 0 saturated heterocycles. The molecule has 0 saturated carbocycles. The Labute approximate surface area is 166 Å². The van der Waals surface area contributed by atoms with Crippen molar-refractivity contribution in [3.63, 3.8) is 0 Å². The Morgan fingerprint density at radius 1 is 1.33 bits per heavy atom. The van der Waals surface area contributed by atoms with Gasteiger partial charge in [-0.2, -0.15) is 0 Å². The summed E-state index contributed by atoms with van der Waals surface area (Å²) in [5.74, 6) is 1.17. The Hall–Kier alpha value is -1.83. The van der Waals surface area contributed by atoms with Gasteiger partial charge in [0.1, 0.15) is 10.6 Å². The Balaban J connectivity index is 1.93. The maximum absolute atomic E-state index is 13.5. The highest BCUT2D eigenvalue weighted by Crippen LogP contribution is 2.36. The van der Waals surface area contributed by atoms with E-state index in [-0.39, 0.29) is 11.7 Å². The SMILES string of the molecule is COc1ccc(-n2c(SC)nc3sc4c(c3c2=O)CC(C(C)C)OC4)cc1. The first kappa shape index (κ1) is 18.5. The van der Waals surface area contributed by atoms with Crippen LogP contribution in [-0.4, -0.2) is 29.0 Å². The zero-order chi connectivity index (χ0) is 19.1. The standard InChI is InChI=1S/C20H22N2O3S2/c1-11(2)15-9-14-16(10-25-15)27-18-17(14)19(23)22(20(21-18)26-4)12-5-7-13(24-3)8-6-12/h5-8,11,15H,9-10H2,1-4H3. The lowest BCUT2D eigenvalue weighted by atomic mass is 9.96. The zero-order valence-corrected chi connectivity index (χ0v) is 17.4. The molecule has 0 aliphatic carbocycles. The van der Waals surface area contributed by atoms with E-state index in [1.807, 2.05) is 30.5 Å². The van der Waals surface area contributed by atoms with Crippen LogP contribution < -0.4 is 10.3 Å². The fourth-order valence-corrected chi connectivity index (χ4v) is 5.16. The van der Waals surface area contributed by atoms with Gasteiger partial charge in [-0.25, -0.2) is 4.98 Å². The lowest BCUT2D eigenvalue weighted by Crippen LogP contribution is -2.28. The number of nitrogens with zero attached hydrogens (tertiary/aromatic N) is 2. The van der Waals surface area contributed by atoms with E-state index in [0.29, 0.717) is 17.7 Å². The van der Waals surface area contributed by atoms with Crippen LogP contribution in [0.15, 0.2) is 34.2 Å². The molecule has 1 atom stereocenters. The highest BCUT2D eigenvalue weighted by Gasteiger charge is 2.28. The van der Waals surface area contributed by atoms with E-state index in [4.69, 9.17) is 14.5 Å². The number of thioether (sulfide) groups is 1. The van der Waals surface area contributed by atoms with E-state index in [1.165, 1.54) is 11.8 Å². The molecule has 1 unspecified atom stereocenters. The van der Waals surface area contributed by atoms with Crippen molar-refractivity contribution in [2.75, 3.05) is 13.4 Å². The molecule has 0 fully saturated rings. The van der Waals surface area contributed by atoms with Crippen LogP contribution in [-0.2, 0) is 17.8 Å². The first-order chi connectivity index (χ1) is 13.0. The first-order valence-corrected chi connectivity index (χ1v) is 10.9. The van der Waals surface area contributed by atoms with Gasteiger partial charge in [0.15, 0.2) is 5.16 Å². The highest BCUT2D eigenvalue weighted by atomic mass is 32.2. The third kappa shape index (κ3) is 3.17. The molecule has 1 aliphatic rings. The van der Waals surface area contributed by atoms with E-state index in [9.17, 15) is 4.79 Å². The number of benzene rings is 1. The minimum Gasteiger partial charge on any atom is -0.497 e. The molecule has 27 heavy (non-hydrogen) atoms. The minimum atomic E-state index is -0.00331. The summed E-state index contributed by atoms with van der Waals surface area (Å²) >= 11 is 3.06. The van der Waals surface area contributed by atoms with Crippen LogP contribution in [0.5, 0.6) is 5.75 Å².